The first kappa shape index (κ1) is 19.7. The van der Waals surface area contributed by atoms with Crippen molar-refractivity contribution in [2.75, 3.05) is 0 Å². The number of carboxylic acid groups (broad SMARTS) is 1. The molecule has 0 saturated heterocycles. The minimum absolute atomic E-state index is 0.184. The molecule has 1 heterocycles. The summed E-state index contributed by atoms with van der Waals surface area (Å²) in [5.74, 6) is -1.50. The highest BCUT2D eigenvalue weighted by atomic mass is 16.4. The van der Waals surface area contributed by atoms with Gasteiger partial charge in [-0.15, -0.1) is 0 Å². The maximum atomic E-state index is 13.4. The number of rotatable bonds is 5. The summed E-state index contributed by atoms with van der Waals surface area (Å²) in [6, 6.07) is 27.4. The molecule has 0 aliphatic heterocycles. The SMILES string of the molecule is O=C(N[C@H](Cc1cccc2ccccc12)C(=O)O)c1c2ccccc2nc2ccccc12. The van der Waals surface area contributed by atoms with Gasteiger partial charge in [-0.25, -0.2) is 9.78 Å². The molecule has 32 heavy (non-hydrogen) atoms. The van der Waals surface area contributed by atoms with Crippen LogP contribution >= 0.6 is 0 Å². The van der Waals surface area contributed by atoms with Crippen molar-refractivity contribution in [2.24, 2.45) is 0 Å². The molecule has 1 aromatic heterocycles. The van der Waals surface area contributed by atoms with E-state index in [4.69, 9.17) is 0 Å². The quantitative estimate of drug-likeness (QED) is 0.394. The summed E-state index contributed by atoms with van der Waals surface area (Å²) < 4.78 is 0. The van der Waals surface area contributed by atoms with Gasteiger partial charge in [-0.3, -0.25) is 4.79 Å². The van der Waals surface area contributed by atoms with E-state index in [0.29, 0.717) is 27.4 Å². The summed E-state index contributed by atoms with van der Waals surface area (Å²) in [7, 11) is 0. The van der Waals surface area contributed by atoms with Crippen LogP contribution in [0.1, 0.15) is 15.9 Å². The lowest BCUT2D eigenvalue weighted by Crippen LogP contribution is -2.42. The molecule has 0 aliphatic rings. The zero-order valence-electron chi connectivity index (χ0n) is 17.2. The largest absolute Gasteiger partial charge is 0.480 e. The van der Waals surface area contributed by atoms with Crippen LogP contribution in [0.4, 0.5) is 0 Å². The first-order valence-electron chi connectivity index (χ1n) is 10.4. The molecule has 1 amide bonds. The smallest absolute Gasteiger partial charge is 0.326 e. The number of benzene rings is 4. The number of hydrogen-bond donors (Lipinski definition) is 2. The van der Waals surface area contributed by atoms with E-state index < -0.39 is 17.9 Å². The van der Waals surface area contributed by atoms with Gasteiger partial charge < -0.3 is 10.4 Å². The van der Waals surface area contributed by atoms with Crippen LogP contribution < -0.4 is 5.32 Å². The van der Waals surface area contributed by atoms with Crippen molar-refractivity contribution in [1.82, 2.24) is 10.3 Å². The second-order valence-corrected chi connectivity index (χ2v) is 7.73. The summed E-state index contributed by atoms with van der Waals surface area (Å²) in [5.41, 5.74) is 2.70. The van der Waals surface area contributed by atoms with Crippen LogP contribution in [0.3, 0.4) is 0 Å². The molecule has 0 fully saturated rings. The molecule has 0 radical (unpaired) electrons. The Morgan fingerprint density at radius 3 is 1.97 bits per heavy atom. The minimum Gasteiger partial charge on any atom is -0.480 e. The van der Waals surface area contributed by atoms with Gasteiger partial charge in [-0.05, 0) is 28.5 Å². The number of para-hydroxylation sites is 2. The molecule has 156 valence electrons. The van der Waals surface area contributed by atoms with Crippen LogP contribution in [0, 0.1) is 0 Å². The standard InChI is InChI=1S/C27H20N2O3/c30-26(25-20-12-3-5-14-22(20)28-23-15-6-4-13-21(23)25)29-24(27(31)32)16-18-10-7-9-17-8-1-2-11-19(17)18/h1-15,24H,16H2,(H,29,30)(H,31,32)/t24-/m1/s1. The van der Waals surface area contributed by atoms with Crippen LogP contribution in [-0.2, 0) is 11.2 Å². The van der Waals surface area contributed by atoms with Crippen molar-refractivity contribution >= 4 is 44.5 Å². The predicted octanol–water partition coefficient (Wildman–Crippen LogP) is 4.97. The maximum absolute atomic E-state index is 13.4. The van der Waals surface area contributed by atoms with Gasteiger partial charge in [0.05, 0.1) is 16.6 Å². The molecule has 5 nitrogen and oxygen atoms in total. The van der Waals surface area contributed by atoms with Crippen molar-refractivity contribution in [3.8, 4) is 0 Å². The summed E-state index contributed by atoms with van der Waals surface area (Å²) in [4.78, 5) is 30.2. The Kier molecular flexibility index (Phi) is 5.00. The maximum Gasteiger partial charge on any atom is 0.326 e. The molecule has 5 aromatic rings. The lowest BCUT2D eigenvalue weighted by atomic mass is 9.97. The van der Waals surface area contributed by atoms with Gasteiger partial charge in [0, 0.05) is 17.2 Å². The first-order valence-corrected chi connectivity index (χ1v) is 10.4. The van der Waals surface area contributed by atoms with E-state index in [1.165, 1.54) is 0 Å². The van der Waals surface area contributed by atoms with Crippen molar-refractivity contribution in [2.45, 2.75) is 12.5 Å². The average Bonchev–Trinajstić information content (AvgIpc) is 2.82. The molecule has 0 saturated carbocycles. The number of carbonyl (C=O) groups is 2. The topological polar surface area (TPSA) is 79.3 Å². The highest BCUT2D eigenvalue weighted by molar-refractivity contribution is 6.16. The molecule has 0 aliphatic carbocycles. The first-order chi connectivity index (χ1) is 15.6. The molecular formula is C27H20N2O3. The third-order valence-corrected chi connectivity index (χ3v) is 5.72. The number of aromatic nitrogens is 1. The fourth-order valence-corrected chi connectivity index (χ4v) is 4.21. The van der Waals surface area contributed by atoms with Crippen molar-refractivity contribution in [3.05, 3.63) is 102 Å². The minimum atomic E-state index is -1.08. The number of amides is 1. The second kappa shape index (κ2) is 8.12. The highest BCUT2D eigenvalue weighted by Crippen LogP contribution is 2.26. The van der Waals surface area contributed by atoms with Crippen molar-refractivity contribution in [1.29, 1.82) is 0 Å². The van der Waals surface area contributed by atoms with Crippen LogP contribution in [0.5, 0.6) is 0 Å². The van der Waals surface area contributed by atoms with E-state index in [9.17, 15) is 14.7 Å². The van der Waals surface area contributed by atoms with Gasteiger partial charge in [0.2, 0.25) is 0 Å². The van der Waals surface area contributed by atoms with Gasteiger partial charge in [0.25, 0.3) is 5.91 Å². The normalized spacial score (nSPS) is 12.1. The Hall–Kier alpha value is -4.25. The number of carboxylic acids is 1. The summed E-state index contributed by atoms with van der Waals surface area (Å²) in [6.07, 6.45) is 0.184. The van der Waals surface area contributed by atoms with Crippen LogP contribution in [0.2, 0.25) is 0 Å². The summed E-state index contributed by atoms with van der Waals surface area (Å²) in [5, 5.41) is 16.1. The third-order valence-electron chi connectivity index (χ3n) is 5.72. The Bertz CT molecular complexity index is 1430. The van der Waals surface area contributed by atoms with E-state index in [2.05, 4.69) is 10.3 Å². The average molecular weight is 420 g/mol. The second-order valence-electron chi connectivity index (χ2n) is 7.73. The van der Waals surface area contributed by atoms with Crippen molar-refractivity contribution < 1.29 is 14.7 Å². The highest BCUT2D eigenvalue weighted by Gasteiger charge is 2.24. The fourth-order valence-electron chi connectivity index (χ4n) is 4.21. The molecule has 5 heteroatoms. The molecule has 0 spiro atoms. The van der Waals surface area contributed by atoms with Crippen LogP contribution in [0.25, 0.3) is 32.6 Å². The monoisotopic (exact) mass is 420 g/mol. The number of aliphatic carboxylic acids is 1. The molecular weight excluding hydrogens is 400 g/mol. The van der Waals surface area contributed by atoms with Crippen LogP contribution in [-0.4, -0.2) is 28.0 Å². The van der Waals surface area contributed by atoms with E-state index in [1.807, 2.05) is 91.0 Å². The molecule has 0 bridgehead atoms. The molecule has 1 atom stereocenters. The van der Waals surface area contributed by atoms with E-state index in [0.717, 1.165) is 16.3 Å². The van der Waals surface area contributed by atoms with Gasteiger partial charge in [-0.1, -0.05) is 78.9 Å². The number of nitrogens with one attached hydrogen (secondary N) is 1. The van der Waals surface area contributed by atoms with Crippen molar-refractivity contribution in [3.63, 3.8) is 0 Å². The predicted molar refractivity (Wildman–Crippen MR) is 126 cm³/mol. The van der Waals surface area contributed by atoms with Crippen LogP contribution in [0.15, 0.2) is 91.0 Å². The van der Waals surface area contributed by atoms with E-state index >= 15 is 0 Å². The Morgan fingerprint density at radius 2 is 1.31 bits per heavy atom. The van der Waals surface area contributed by atoms with E-state index in [-0.39, 0.29) is 6.42 Å². The van der Waals surface area contributed by atoms with Gasteiger partial charge in [0.1, 0.15) is 6.04 Å². The summed E-state index contributed by atoms with van der Waals surface area (Å²) >= 11 is 0. The number of hydrogen-bond acceptors (Lipinski definition) is 3. The lowest BCUT2D eigenvalue weighted by Gasteiger charge is -2.17. The Morgan fingerprint density at radius 1 is 0.750 bits per heavy atom. The molecule has 0 unspecified atom stereocenters. The zero-order chi connectivity index (χ0) is 22.1. The number of carbonyl (C=O) groups excluding carboxylic acids is 1. The Balaban J connectivity index is 1.55. The lowest BCUT2D eigenvalue weighted by molar-refractivity contribution is -0.139. The summed E-state index contributed by atoms with van der Waals surface area (Å²) in [6.45, 7) is 0. The van der Waals surface area contributed by atoms with Gasteiger partial charge in [0.15, 0.2) is 0 Å². The third kappa shape index (κ3) is 3.54. The number of fused-ring (bicyclic) bond motifs is 3. The number of pyridine rings is 1. The molecule has 5 rings (SSSR count). The van der Waals surface area contributed by atoms with E-state index in [1.54, 1.807) is 0 Å². The molecule has 4 aromatic carbocycles. The Labute approximate surface area is 184 Å². The van der Waals surface area contributed by atoms with Gasteiger partial charge >= 0.3 is 5.97 Å². The zero-order valence-corrected chi connectivity index (χ0v) is 17.2. The fraction of sp³-hybridized carbons (Fsp3) is 0.0741. The van der Waals surface area contributed by atoms with Gasteiger partial charge in [-0.2, -0.15) is 0 Å². The molecule has 2 N–H and O–H groups in total. The number of nitrogens with zero attached hydrogens (tertiary/aromatic N) is 1.